The Hall–Kier alpha value is -1.41. The number of hydrogen-bond donors (Lipinski definition) is 2. The summed E-state index contributed by atoms with van der Waals surface area (Å²) in [6, 6.07) is 6.21. The van der Waals surface area contributed by atoms with E-state index in [1.54, 1.807) is 12.1 Å². The normalized spacial score (nSPS) is 11.7. The van der Waals surface area contributed by atoms with Crippen LogP contribution in [0.4, 0.5) is 0 Å². The van der Waals surface area contributed by atoms with Gasteiger partial charge in [-0.25, -0.2) is 13.1 Å². The SMILES string of the molecule is NCc1ccc(Cl)c(S(=O)(=O)NCc2ccon2)c1. The Morgan fingerprint density at radius 1 is 1.37 bits per heavy atom. The van der Waals surface area contributed by atoms with E-state index in [-0.39, 0.29) is 23.0 Å². The van der Waals surface area contributed by atoms with Gasteiger partial charge in [-0.05, 0) is 17.7 Å². The number of rotatable bonds is 5. The highest BCUT2D eigenvalue weighted by Crippen LogP contribution is 2.22. The molecule has 0 radical (unpaired) electrons. The number of sulfonamides is 1. The van der Waals surface area contributed by atoms with Crippen LogP contribution in [0, 0.1) is 0 Å². The summed E-state index contributed by atoms with van der Waals surface area (Å²) in [6.45, 7) is 0.269. The molecule has 0 aliphatic heterocycles. The first-order valence-electron chi connectivity index (χ1n) is 5.40. The van der Waals surface area contributed by atoms with Gasteiger partial charge in [0.15, 0.2) is 0 Å². The van der Waals surface area contributed by atoms with E-state index in [2.05, 4.69) is 14.4 Å². The Labute approximate surface area is 115 Å². The van der Waals surface area contributed by atoms with Crippen molar-refractivity contribution < 1.29 is 12.9 Å². The fourth-order valence-corrected chi connectivity index (χ4v) is 3.00. The summed E-state index contributed by atoms with van der Waals surface area (Å²) in [4.78, 5) is 0.000566. The van der Waals surface area contributed by atoms with Gasteiger partial charge in [0.05, 0.1) is 17.3 Å². The van der Waals surface area contributed by atoms with Crippen molar-refractivity contribution in [2.45, 2.75) is 18.0 Å². The largest absolute Gasteiger partial charge is 0.364 e. The highest BCUT2D eigenvalue weighted by Gasteiger charge is 2.18. The minimum absolute atomic E-state index is 0.000566. The van der Waals surface area contributed by atoms with Gasteiger partial charge in [0.1, 0.15) is 11.2 Å². The van der Waals surface area contributed by atoms with Crippen LogP contribution in [-0.2, 0) is 23.1 Å². The van der Waals surface area contributed by atoms with E-state index >= 15 is 0 Å². The Morgan fingerprint density at radius 3 is 2.79 bits per heavy atom. The summed E-state index contributed by atoms with van der Waals surface area (Å²) in [5, 5.41) is 3.76. The van der Waals surface area contributed by atoms with E-state index in [0.29, 0.717) is 11.3 Å². The van der Waals surface area contributed by atoms with Crippen LogP contribution in [0.25, 0.3) is 0 Å². The highest BCUT2D eigenvalue weighted by atomic mass is 35.5. The second kappa shape index (κ2) is 5.70. The summed E-state index contributed by atoms with van der Waals surface area (Å²) in [7, 11) is -3.72. The van der Waals surface area contributed by atoms with E-state index in [0.717, 1.165) is 0 Å². The number of nitrogens with zero attached hydrogens (tertiary/aromatic N) is 1. The Bertz CT molecular complexity index is 656. The van der Waals surface area contributed by atoms with Gasteiger partial charge in [-0.2, -0.15) is 0 Å². The summed E-state index contributed by atoms with van der Waals surface area (Å²) in [5.41, 5.74) is 6.65. The maximum absolute atomic E-state index is 12.1. The molecule has 1 aromatic heterocycles. The first-order valence-corrected chi connectivity index (χ1v) is 7.26. The van der Waals surface area contributed by atoms with Gasteiger partial charge in [0.25, 0.3) is 0 Å². The molecular weight excluding hydrogens is 290 g/mol. The number of benzene rings is 1. The maximum atomic E-state index is 12.1. The average Bonchev–Trinajstić information content (AvgIpc) is 2.90. The molecule has 6 nitrogen and oxygen atoms in total. The second-order valence-electron chi connectivity index (χ2n) is 3.78. The third-order valence-corrected chi connectivity index (χ3v) is 4.34. The van der Waals surface area contributed by atoms with Gasteiger partial charge < -0.3 is 10.3 Å². The van der Waals surface area contributed by atoms with Crippen molar-refractivity contribution >= 4 is 21.6 Å². The lowest BCUT2D eigenvalue weighted by Crippen LogP contribution is -2.24. The molecule has 0 aliphatic rings. The molecule has 0 aliphatic carbocycles. The molecular formula is C11H12ClN3O3S. The molecule has 2 rings (SSSR count). The minimum Gasteiger partial charge on any atom is -0.364 e. The summed E-state index contributed by atoms with van der Waals surface area (Å²) < 4.78 is 31.3. The topological polar surface area (TPSA) is 98.2 Å². The van der Waals surface area contributed by atoms with Gasteiger partial charge in [0.2, 0.25) is 10.0 Å². The smallest absolute Gasteiger partial charge is 0.242 e. The van der Waals surface area contributed by atoms with Crippen LogP contribution in [0.2, 0.25) is 5.02 Å². The minimum atomic E-state index is -3.72. The third-order valence-electron chi connectivity index (χ3n) is 2.46. The Kier molecular flexibility index (Phi) is 4.20. The zero-order valence-corrected chi connectivity index (χ0v) is 11.4. The summed E-state index contributed by atoms with van der Waals surface area (Å²) in [5.74, 6) is 0. The molecule has 3 N–H and O–H groups in total. The predicted molar refractivity (Wildman–Crippen MR) is 69.9 cm³/mol. The number of hydrogen-bond acceptors (Lipinski definition) is 5. The molecule has 0 saturated carbocycles. The standard InChI is InChI=1S/C11H12ClN3O3S/c12-10-2-1-8(6-13)5-11(10)19(16,17)14-7-9-3-4-18-15-9/h1-5,14H,6-7,13H2. The summed E-state index contributed by atoms with van der Waals surface area (Å²) in [6.07, 6.45) is 1.37. The molecule has 2 aromatic rings. The van der Waals surface area contributed by atoms with Crippen molar-refractivity contribution in [1.29, 1.82) is 0 Å². The van der Waals surface area contributed by atoms with Crippen molar-refractivity contribution in [3.8, 4) is 0 Å². The number of halogens is 1. The van der Waals surface area contributed by atoms with Crippen LogP contribution in [0.3, 0.4) is 0 Å². The van der Waals surface area contributed by atoms with Crippen LogP contribution >= 0.6 is 11.6 Å². The maximum Gasteiger partial charge on any atom is 0.242 e. The van der Waals surface area contributed by atoms with Crippen LogP contribution in [0.5, 0.6) is 0 Å². The van der Waals surface area contributed by atoms with Gasteiger partial charge in [-0.15, -0.1) is 0 Å². The van der Waals surface area contributed by atoms with Crippen LogP contribution in [-0.4, -0.2) is 13.6 Å². The molecule has 0 saturated heterocycles. The lowest BCUT2D eigenvalue weighted by Gasteiger charge is -2.08. The van der Waals surface area contributed by atoms with Crippen molar-refractivity contribution in [2.24, 2.45) is 5.73 Å². The van der Waals surface area contributed by atoms with Gasteiger partial charge in [-0.1, -0.05) is 22.8 Å². The molecule has 102 valence electrons. The highest BCUT2D eigenvalue weighted by molar-refractivity contribution is 7.89. The van der Waals surface area contributed by atoms with E-state index in [1.165, 1.54) is 18.4 Å². The van der Waals surface area contributed by atoms with Crippen molar-refractivity contribution in [3.05, 3.63) is 46.8 Å². The zero-order chi connectivity index (χ0) is 13.9. The lowest BCUT2D eigenvalue weighted by molar-refractivity contribution is 0.411. The molecule has 1 aromatic carbocycles. The lowest BCUT2D eigenvalue weighted by atomic mass is 10.2. The summed E-state index contributed by atoms with van der Waals surface area (Å²) >= 11 is 5.90. The predicted octanol–water partition coefficient (Wildman–Crippen LogP) is 1.27. The van der Waals surface area contributed by atoms with Crippen molar-refractivity contribution in [3.63, 3.8) is 0 Å². The fraction of sp³-hybridized carbons (Fsp3) is 0.182. The van der Waals surface area contributed by atoms with E-state index in [1.807, 2.05) is 0 Å². The molecule has 0 bridgehead atoms. The molecule has 1 heterocycles. The van der Waals surface area contributed by atoms with E-state index in [9.17, 15) is 8.42 Å². The van der Waals surface area contributed by atoms with Crippen molar-refractivity contribution in [2.75, 3.05) is 0 Å². The molecule has 0 atom stereocenters. The monoisotopic (exact) mass is 301 g/mol. The first-order chi connectivity index (χ1) is 9.03. The second-order valence-corrected chi connectivity index (χ2v) is 5.93. The van der Waals surface area contributed by atoms with Crippen molar-refractivity contribution in [1.82, 2.24) is 9.88 Å². The average molecular weight is 302 g/mol. The molecule has 0 fully saturated rings. The molecule has 8 heteroatoms. The zero-order valence-electron chi connectivity index (χ0n) is 9.84. The van der Waals surface area contributed by atoms with Crippen LogP contribution < -0.4 is 10.5 Å². The fourth-order valence-electron chi connectivity index (χ4n) is 1.46. The molecule has 0 spiro atoms. The number of nitrogens with two attached hydrogens (primary N) is 1. The Balaban J connectivity index is 2.23. The molecule has 0 unspecified atom stereocenters. The van der Waals surface area contributed by atoms with E-state index < -0.39 is 10.0 Å². The van der Waals surface area contributed by atoms with Crippen LogP contribution in [0.15, 0.2) is 39.9 Å². The first kappa shape index (κ1) is 14.0. The quantitative estimate of drug-likeness (QED) is 0.866. The van der Waals surface area contributed by atoms with Gasteiger partial charge >= 0.3 is 0 Å². The van der Waals surface area contributed by atoms with Crippen LogP contribution in [0.1, 0.15) is 11.3 Å². The molecule has 0 amide bonds. The Morgan fingerprint density at radius 2 is 2.16 bits per heavy atom. The van der Waals surface area contributed by atoms with Gasteiger partial charge in [-0.3, -0.25) is 0 Å². The van der Waals surface area contributed by atoms with Gasteiger partial charge in [0, 0.05) is 12.6 Å². The number of nitrogens with one attached hydrogen (secondary N) is 1. The number of aromatic nitrogens is 1. The molecule has 19 heavy (non-hydrogen) atoms. The van der Waals surface area contributed by atoms with E-state index in [4.69, 9.17) is 17.3 Å². The third kappa shape index (κ3) is 3.32.